The first kappa shape index (κ1) is 20.9. The quantitative estimate of drug-likeness (QED) is 0.878. The van der Waals surface area contributed by atoms with E-state index in [1.165, 1.54) is 11.2 Å². The van der Waals surface area contributed by atoms with Crippen molar-refractivity contribution >= 4 is 33.8 Å². The number of carbonyl (C=O) groups excluding carboxylic acids is 1. The fourth-order valence-corrected chi connectivity index (χ4v) is 4.49. The van der Waals surface area contributed by atoms with E-state index in [0.29, 0.717) is 31.8 Å². The van der Waals surface area contributed by atoms with Gasteiger partial charge in [0.15, 0.2) is 14.6 Å². The lowest BCUT2D eigenvalue weighted by Gasteiger charge is -2.37. The van der Waals surface area contributed by atoms with Gasteiger partial charge in [0.1, 0.15) is 0 Å². The maximum atomic E-state index is 13.1. The van der Waals surface area contributed by atoms with E-state index in [0.717, 1.165) is 11.3 Å². The average Bonchev–Trinajstić information content (AvgIpc) is 2.53. The summed E-state index contributed by atoms with van der Waals surface area (Å²) in [6, 6.07) is 7.73. The van der Waals surface area contributed by atoms with Crippen LogP contribution in [0.4, 0.5) is 5.69 Å². The molecule has 1 fully saturated rings. The first-order valence-electron chi connectivity index (χ1n) is 7.97. The minimum absolute atomic E-state index is 0. The molecule has 1 aromatic carbocycles. The topological polar surface area (TPSA) is 66.5 Å². The van der Waals surface area contributed by atoms with Gasteiger partial charge >= 0.3 is 0 Å². The molecule has 1 saturated heterocycles. The van der Waals surface area contributed by atoms with E-state index in [9.17, 15) is 13.2 Å². The van der Waals surface area contributed by atoms with Gasteiger partial charge < -0.3 is 10.2 Å². The summed E-state index contributed by atoms with van der Waals surface area (Å²) < 4.78 is 23.5. The van der Waals surface area contributed by atoms with Crippen LogP contribution in [-0.2, 0) is 14.6 Å². The molecule has 2 rings (SSSR count). The molecule has 0 atom stereocenters. The van der Waals surface area contributed by atoms with Gasteiger partial charge in [-0.25, -0.2) is 8.42 Å². The number of amides is 1. The average molecular weight is 375 g/mol. The number of hydrogen-bond acceptors (Lipinski definition) is 4. The molecule has 0 spiro atoms. The van der Waals surface area contributed by atoms with Crippen LogP contribution in [0.15, 0.2) is 24.3 Å². The Hall–Kier alpha value is -1.11. The van der Waals surface area contributed by atoms with Crippen LogP contribution < -0.4 is 10.2 Å². The number of carbonyl (C=O) groups is 1. The van der Waals surface area contributed by atoms with Crippen molar-refractivity contribution in [3.05, 3.63) is 29.8 Å². The van der Waals surface area contributed by atoms with Crippen LogP contribution in [-0.4, -0.2) is 45.5 Å². The molecule has 1 heterocycles. The second-order valence-electron chi connectivity index (χ2n) is 6.63. The van der Waals surface area contributed by atoms with Crippen molar-refractivity contribution in [3.63, 3.8) is 0 Å². The lowest BCUT2D eigenvalue weighted by molar-refractivity contribution is -0.121. The zero-order chi connectivity index (χ0) is 17.3. The molecule has 1 amide bonds. The van der Waals surface area contributed by atoms with Crippen molar-refractivity contribution in [1.29, 1.82) is 0 Å². The van der Waals surface area contributed by atoms with E-state index in [4.69, 9.17) is 0 Å². The summed E-state index contributed by atoms with van der Waals surface area (Å²) in [7, 11) is -1.83. The van der Waals surface area contributed by atoms with Gasteiger partial charge in [0.05, 0.1) is 0 Å². The standard InChI is InChI=1S/C17H26N2O3S.ClH/c1-13(2)14-6-5-7-15(12-14)19(3)16(20)17(23(4,21)22)8-10-18-11-9-17;/h5-7,12-13,18H,8-11H2,1-4H3;1H. The Labute approximate surface area is 151 Å². The molecule has 1 aromatic rings. The van der Waals surface area contributed by atoms with Gasteiger partial charge in [-0.1, -0.05) is 26.0 Å². The molecular formula is C17H27ClN2O3S. The molecule has 136 valence electrons. The minimum atomic E-state index is -3.50. The highest BCUT2D eigenvalue weighted by molar-refractivity contribution is 7.92. The smallest absolute Gasteiger partial charge is 0.248 e. The third-order valence-electron chi connectivity index (χ3n) is 4.74. The zero-order valence-electron chi connectivity index (χ0n) is 14.7. The molecule has 0 radical (unpaired) electrons. The molecule has 1 aliphatic heterocycles. The molecule has 5 nitrogen and oxygen atoms in total. The Morgan fingerprint density at radius 3 is 2.33 bits per heavy atom. The number of hydrogen-bond donors (Lipinski definition) is 1. The maximum Gasteiger partial charge on any atom is 0.248 e. The van der Waals surface area contributed by atoms with Gasteiger partial charge in [0.2, 0.25) is 5.91 Å². The van der Waals surface area contributed by atoms with Crippen molar-refractivity contribution in [1.82, 2.24) is 5.32 Å². The van der Waals surface area contributed by atoms with Crippen LogP contribution in [0.25, 0.3) is 0 Å². The lowest BCUT2D eigenvalue weighted by atomic mass is 9.94. The number of rotatable bonds is 4. The number of halogens is 1. The van der Waals surface area contributed by atoms with Crippen LogP contribution in [0.1, 0.15) is 38.2 Å². The SMILES string of the molecule is CC(C)c1cccc(N(C)C(=O)C2(S(C)(=O)=O)CCNCC2)c1.Cl. The number of piperidine rings is 1. The number of nitrogens with one attached hydrogen (secondary N) is 1. The molecule has 0 aliphatic carbocycles. The Kier molecular flexibility index (Phi) is 6.84. The number of nitrogens with zero attached hydrogens (tertiary/aromatic N) is 1. The van der Waals surface area contributed by atoms with Crippen LogP contribution >= 0.6 is 12.4 Å². The molecule has 1 N–H and O–H groups in total. The normalized spacial score (nSPS) is 17.2. The minimum Gasteiger partial charge on any atom is -0.317 e. The highest BCUT2D eigenvalue weighted by Crippen LogP contribution is 2.32. The summed E-state index contributed by atoms with van der Waals surface area (Å²) in [5.74, 6) is 0.0172. The van der Waals surface area contributed by atoms with Crippen molar-refractivity contribution in [2.45, 2.75) is 37.4 Å². The van der Waals surface area contributed by atoms with Gasteiger partial charge in [0, 0.05) is 19.0 Å². The number of sulfone groups is 1. The molecule has 7 heteroatoms. The first-order valence-corrected chi connectivity index (χ1v) is 9.86. The summed E-state index contributed by atoms with van der Waals surface area (Å²) >= 11 is 0. The fourth-order valence-electron chi connectivity index (χ4n) is 3.09. The molecule has 24 heavy (non-hydrogen) atoms. The monoisotopic (exact) mass is 374 g/mol. The van der Waals surface area contributed by atoms with Gasteiger partial charge in [-0.2, -0.15) is 0 Å². The molecule has 0 bridgehead atoms. The third-order valence-corrected chi connectivity index (χ3v) is 6.74. The van der Waals surface area contributed by atoms with Crippen molar-refractivity contribution in [2.75, 3.05) is 31.3 Å². The van der Waals surface area contributed by atoms with E-state index in [-0.39, 0.29) is 18.3 Å². The Morgan fingerprint density at radius 1 is 1.25 bits per heavy atom. The second-order valence-corrected chi connectivity index (χ2v) is 8.96. The van der Waals surface area contributed by atoms with Crippen molar-refractivity contribution in [3.8, 4) is 0 Å². The summed E-state index contributed by atoms with van der Waals surface area (Å²) in [5.41, 5.74) is 1.86. The zero-order valence-corrected chi connectivity index (χ0v) is 16.3. The first-order chi connectivity index (χ1) is 10.7. The molecule has 0 unspecified atom stereocenters. The van der Waals surface area contributed by atoms with Crippen LogP contribution in [0.3, 0.4) is 0 Å². The summed E-state index contributed by atoms with van der Waals surface area (Å²) in [4.78, 5) is 14.6. The lowest BCUT2D eigenvalue weighted by Crippen LogP contribution is -2.57. The largest absolute Gasteiger partial charge is 0.317 e. The van der Waals surface area contributed by atoms with Gasteiger partial charge in [-0.3, -0.25) is 4.79 Å². The summed E-state index contributed by atoms with van der Waals surface area (Å²) in [5, 5.41) is 3.13. The Morgan fingerprint density at radius 2 is 1.83 bits per heavy atom. The maximum absolute atomic E-state index is 13.1. The highest BCUT2D eigenvalue weighted by Gasteiger charge is 2.50. The fraction of sp³-hybridized carbons (Fsp3) is 0.588. The van der Waals surface area contributed by atoms with Crippen molar-refractivity contribution in [2.24, 2.45) is 0 Å². The van der Waals surface area contributed by atoms with Crippen molar-refractivity contribution < 1.29 is 13.2 Å². The Balaban J connectivity index is 0.00000288. The second kappa shape index (κ2) is 7.85. The third kappa shape index (κ3) is 3.92. The highest BCUT2D eigenvalue weighted by atomic mass is 35.5. The molecular weight excluding hydrogens is 348 g/mol. The van der Waals surface area contributed by atoms with Gasteiger partial charge in [-0.15, -0.1) is 12.4 Å². The van der Waals surface area contributed by atoms with E-state index in [1.807, 2.05) is 24.3 Å². The predicted octanol–water partition coefficient (Wildman–Crippen LogP) is 2.36. The summed E-state index contributed by atoms with van der Waals surface area (Å²) in [6.45, 7) is 5.26. The van der Waals surface area contributed by atoms with Gasteiger partial charge in [-0.05, 0) is 49.5 Å². The molecule has 0 saturated carbocycles. The van der Waals surface area contributed by atoms with Crippen LogP contribution in [0.5, 0.6) is 0 Å². The number of benzene rings is 1. The molecule has 0 aromatic heterocycles. The molecule has 1 aliphatic rings. The van der Waals surface area contributed by atoms with Crippen LogP contribution in [0, 0.1) is 0 Å². The number of anilines is 1. The Bertz CT molecular complexity index is 683. The van der Waals surface area contributed by atoms with E-state index >= 15 is 0 Å². The summed E-state index contributed by atoms with van der Waals surface area (Å²) in [6.07, 6.45) is 1.81. The predicted molar refractivity (Wildman–Crippen MR) is 101 cm³/mol. The van der Waals surface area contributed by atoms with Gasteiger partial charge in [0.25, 0.3) is 0 Å². The van der Waals surface area contributed by atoms with E-state index in [1.54, 1.807) is 7.05 Å². The van der Waals surface area contributed by atoms with E-state index in [2.05, 4.69) is 19.2 Å². The van der Waals surface area contributed by atoms with E-state index < -0.39 is 14.6 Å². The van der Waals surface area contributed by atoms with Crippen LogP contribution in [0.2, 0.25) is 0 Å².